The van der Waals surface area contributed by atoms with Crippen LogP contribution in [0.5, 0.6) is 0 Å². The van der Waals surface area contributed by atoms with Crippen molar-refractivity contribution in [2.45, 2.75) is 31.9 Å². The Morgan fingerprint density at radius 1 is 1.09 bits per heavy atom. The van der Waals surface area contributed by atoms with Crippen molar-refractivity contribution in [3.05, 3.63) is 30.1 Å². The second-order valence-electron chi connectivity index (χ2n) is 6.77. The highest BCUT2D eigenvalue weighted by Crippen LogP contribution is 2.16. The summed E-state index contributed by atoms with van der Waals surface area (Å²) >= 11 is 0. The van der Waals surface area contributed by atoms with Gasteiger partial charge in [-0.3, -0.25) is 9.80 Å². The number of aromatic amines is 1. The fraction of sp³-hybridized carbons (Fsp3) is 0.611. The molecule has 0 aliphatic carbocycles. The summed E-state index contributed by atoms with van der Waals surface area (Å²) in [7, 11) is 0. The number of hydrogen-bond donors (Lipinski definition) is 1. The summed E-state index contributed by atoms with van der Waals surface area (Å²) in [6.45, 7) is 7.49. The quantitative estimate of drug-likeness (QED) is 0.940. The van der Waals surface area contributed by atoms with Gasteiger partial charge in [-0.15, -0.1) is 0 Å². The van der Waals surface area contributed by atoms with Crippen molar-refractivity contribution in [3.8, 4) is 0 Å². The minimum absolute atomic E-state index is 0.464. The maximum Gasteiger partial charge on any atom is 0.121 e. The maximum atomic E-state index is 5.87. The highest BCUT2D eigenvalue weighted by atomic mass is 16.5. The Hall–Kier alpha value is -1.43. The molecule has 124 valence electrons. The molecule has 0 saturated carbocycles. The van der Waals surface area contributed by atoms with Crippen LogP contribution in [0.2, 0.25) is 0 Å². The lowest BCUT2D eigenvalue weighted by Gasteiger charge is -2.36. The first-order chi connectivity index (χ1) is 11.4. The highest BCUT2D eigenvalue weighted by Gasteiger charge is 2.22. The molecule has 23 heavy (non-hydrogen) atoms. The number of ether oxygens (including phenoxy) is 1. The van der Waals surface area contributed by atoms with E-state index < -0.39 is 0 Å². The normalized spacial score (nSPS) is 24.3. The number of hydrogen-bond acceptors (Lipinski definition) is 4. The van der Waals surface area contributed by atoms with Gasteiger partial charge in [-0.05, 0) is 31.4 Å². The van der Waals surface area contributed by atoms with E-state index in [-0.39, 0.29) is 0 Å². The summed E-state index contributed by atoms with van der Waals surface area (Å²) in [6, 6.07) is 8.25. The zero-order valence-electron chi connectivity index (χ0n) is 13.7. The number of fused-ring (bicyclic) bond motifs is 1. The Morgan fingerprint density at radius 2 is 1.91 bits per heavy atom. The predicted octanol–water partition coefficient (Wildman–Crippen LogP) is 2.25. The molecule has 4 rings (SSSR count). The predicted molar refractivity (Wildman–Crippen MR) is 91.4 cm³/mol. The molecule has 2 aliphatic heterocycles. The number of aromatic nitrogens is 2. The summed E-state index contributed by atoms with van der Waals surface area (Å²) in [6.07, 6.45) is 4.27. The molecule has 3 heterocycles. The number of piperazine rings is 1. The molecule has 2 saturated heterocycles. The molecule has 1 unspecified atom stereocenters. The molecule has 1 atom stereocenters. The van der Waals surface area contributed by atoms with Crippen LogP contribution in [-0.4, -0.2) is 65.2 Å². The Labute approximate surface area is 137 Å². The van der Waals surface area contributed by atoms with Crippen LogP contribution < -0.4 is 0 Å². The molecule has 2 fully saturated rings. The van der Waals surface area contributed by atoms with E-state index in [4.69, 9.17) is 4.74 Å². The molecule has 1 N–H and O–H groups in total. The van der Waals surface area contributed by atoms with Crippen molar-refractivity contribution in [2.24, 2.45) is 0 Å². The van der Waals surface area contributed by atoms with Gasteiger partial charge in [0.1, 0.15) is 5.82 Å². The van der Waals surface area contributed by atoms with E-state index in [1.165, 1.54) is 19.3 Å². The lowest BCUT2D eigenvalue weighted by Crippen LogP contribution is -2.48. The molecule has 0 spiro atoms. The van der Waals surface area contributed by atoms with Gasteiger partial charge in [0.05, 0.1) is 23.7 Å². The van der Waals surface area contributed by atoms with Gasteiger partial charge in [0, 0.05) is 39.3 Å². The van der Waals surface area contributed by atoms with E-state index >= 15 is 0 Å². The minimum Gasteiger partial charge on any atom is -0.377 e. The molecule has 0 radical (unpaired) electrons. The van der Waals surface area contributed by atoms with E-state index in [9.17, 15) is 0 Å². The third kappa shape index (κ3) is 3.74. The number of nitrogens with zero attached hydrogens (tertiary/aromatic N) is 3. The Bertz CT molecular complexity index is 594. The van der Waals surface area contributed by atoms with Crippen molar-refractivity contribution >= 4 is 11.0 Å². The standard InChI is InChI=1S/C18H26N4O/c1-2-7-17-16(6-1)19-18(20-17)14-22-10-8-21(9-11-22)13-15-5-3-4-12-23-15/h1-2,6-7,15H,3-5,8-14H2,(H,19,20). The van der Waals surface area contributed by atoms with E-state index in [0.29, 0.717) is 6.10 Å². The second kappa shape index (κ2) is 6.99. The summed E-state index contributed by atoms with van der Waals surface area (Å²) < 4.78 is 5.87. The van der Waals surface area contributed by atoms with Crippen LogP contribution in [0.1, 0.15) is 25.1 Å². The zero-order chi connectivity index (χ0) is 15.5. The first-order valence-corrected chi connectivity index (χ1v) is 8.87. The number of nitrogens with one attached hydrogen (secondary N) is 1. The largest absolute Gasteiger partial charge is 0.377 e. The van der Waals surface area contributed by atoms with Crippen LogP contribution in [0.3, 0.4) is 0 Å². The van der Waals surface area contributed by atoms with Crippen molar-refractivity contribution in [3.63, 3.8) is 0 Å². The van der Waals surface area contributed by atoms with E-state index in [2.05, 4.69) is 38.0 Å². The van der Waals surface area contributed by atoms with E-state index in [1.54, 1.807) is 0 Å². The van der Waals surface area contributed by atoms with Crippen molar-refractivity contribution in [2.75, 3.05) is 39.3 Å². The summed E-state index contributed by atoms with van der Waals surface area (Å²) in [5, 5.41) is 0. The Kier molecular flexibility index (Phi) is 4.60. The molecular formula is C18H26N4O. The number of rotatable bonds is 4. The SMILES string of the molecule is c1ccc2[nH]c(CN3CCN(CC4CCCCO4)CC3)nc2c1. The fourth-order valence-electron chi connectivity index (χ4n) is 3.66. The zero-order valence-corrected chi connectivity index (χ0v) is 13.7. The molecule has 0 amide bonds. The Balaban J connectivity index is 1.27. The van der Waals surface area contributed by atoms with E-state index in [1.807, 2.05) is 6.07 Å². The third-order valence-corrected chi connectivity index (χ3v) is 5.01. The van der Waals surface area contributed by atoms with Crippen LogP contribution in [0.25, 0.3) is 11.0 Å². The summed E-state index contributed by atoms with van der Waals surface area (Å²) in [5.74, 6) is 1.08. The van der Waals surface area contributed by atoms with Gasteiger partial charge in [0.25, 0.3) is 0 Å². The minimum atomic E-state index is 0.464. The molecule has 5 nitrogen and oxygen atoms in total. The van der Waals surface area contributed by atoms with Crippen LogP contribution in [0.4, 0.5) is 0 Å². The summed E-state index contributed by atoms with van der Waals surface area (Å²) in [4.78, 5) is 13.2. The van der Waals surface area contributed by atoms with Crippen molar-refractivity contribution < 1.29 is 4.74 Å². The van der Waals surface area contributed by atoms with Gasteiger partial charge >= 0.3 is 0 Å². The fourth-order valence-corrected chi connectivity index (χ4v) is 3.66. The van der Waals surface area contributed by atoms with Gasteiger partial charge in [0.15, 0.2) is 0 Å². The van der Waals surface area contributed by atoms with Gasteiger partial charge in [-0.1, -0.05) is 12.1 Å². The second-order valence-corrected chi connectivity index (χ2v) is 6.77. The monoisotopic (exact) mass is 314 g/mol. The molecule has 1 aromatic heterocycles. The average molecular weight is 314 g/mol. The van der Waals surface area contributed by atoms with Crippen molar-refractivity contribution in [1.29, 1.82) is 0 Å². The van der Waals surface area contributed by atoms with Crippen molar-refractivity contribution in [1.82, 2.24) is 19.8 Å². The van der Waals surface area contributed by atoms with Gasteiger partial charge < -0.3 is 9.72 Å². The number of benzene rings is 1. The van der Waals surface area contributed by atoms with Crippen LogP contribution in [0.15, 0.2) is 24.3 Å². The molecule has 2 aromatic rings. The molecule has 5 heteroatoms. The van der Waals surface area contributed by atoms with Gasteiger partial charge in [-0.2, -0.15) is 0 Å². The smallest absolute Gasteiger partial charge is 0.121 e. The number of imidazole rings is 1. The van der Waals surface area contributed by atoms with Crippen LogP contribution in [-0.2, 0) is 11.3 Å². The topological polar surface area (TPSA) is 44.4 Å². The van der Waals surface area contributed by atoms with Crippen LogP contribution in [0, 0.1) is 0 Å². The van der Waals surface area contributed by atoms with E-state index in [0.717, 1.165) is 62.7 Å². The molecular weight excluding hydrogens is 288 g/mol. The Morgan fingerprint density at radius 3 is 2.70 bits per heavy atom. The number of H-pyrrole nitrogens is 1. The summed E-state index contributed by atoms with van der Waals surface area (Å²) in [5.41, 5.74) is 2.20. The first-order valence-electron chi connectivity index (χ1n) is 8.87. The number of para-hydroxylation sites is 2. The third-order valence-electron chi connectivity index (χ3n) is 5.01. The van der Waals surface area contributed by atoms with Gasteiger partial charge in [-0.25, -0.2) is 4.98 Å². The molecule has 1 aromatic carbocycles. The van der Waals surface area contributed by atoms with Crippen LogP contribution >= 0.6 is 0 Å². The lowest BCUT2D eigenvalue weighted by molar-refractivity contribution is -0.0147. The highest BCUT2D eigenvalue weighted by molar-refractivity contribution is 5.74. The average Bonchev–Trinajstić information content (AvgIpc) is 3.00. The first kappa shape index (κ1) is 15.1. The lowest BCUT2D eigenvalue weighted by atomic mass is 10.1. The maximum absolute atomic E-state index is 5.87. The molecule has 0 bridgehead atoms. The molecule has 2 aliphatic rings. The van der Waals surface area contributed by atoms with Gasteiger partial charge in [0.2, 0.25) is 0 Å².